The maximum Gasteiger partial charge on any atom is 0.0378 e. The molecule has 0 spiro atoms. The van der Waals surface area contributed by atoms with Gasteiger partial charge >= 0.3 is 0 Å². The van der Waals surface area contributed by atoms with Gasteiger partial charge in [-0.2, -0.15) is 0 Å². The van der Waals surface area contributed by atoms with E-state index in [2.05, 4.69) is 47.6 Å². The van der Waals surface area contributed by atoms with Crippen LogP contribution in [0.4, 0.5) is 5.69 Å². The number of benzene rings is 1. The minimum atomic E-state index is 0.559. The summed E-state index contributed by atoms with van der Waals surface area (Å²) in [5.41, 5.74) is 4.22. The predicted molar refractivity (Wildman–Crippen MR) is 85.3 cm³/mol. The highest BCUT2D eigenvalue weighted by Gasteiger charge is 2.24. The Morgan fingerprint density at radius 1 is 1.25 bits per heavy atom. The zero-order chi connectivity index (χ0) is 13.9. The summed E-state index contributed by atoms with van der Waals surface area (Å²) in [6, 6.07) is 7.43. The van der Waals surface area contributed by atoms with Crippen LogP contribution in [0.25, 0.3) is 0 Å². The Morgan fingerprint density at radius 3 is 2.85 bits per heavy atom. The Morgan fingerprint density at radius 2 is 2.05 bits per heavy atom. The van der Waals surface area contributed by atoms with Gasteiger partial charge in [0.05, 0.1) is 0 Å². The highest BCUT2D eigenvalue weighted by Crippen LogP contribution is 2.35. The first-order valence-electron chi connectivity index (χ1n) is 8.06. The van der Waals surface area contributed by atoms with Gasteiger partial charge in [-0.1, -0.05) is 19.1 Å². The molecule has 2 aliphatic rings. The standard InChI is InChI=1S/C17H27N3/c1-13-14(2)19-17-6-5-15(11-16(13)17)12-18-7-10-20-8-3-4-9-20/h5-6,11,13-14,18-19H,3-4,7-10,12H2,1-2H3. The second-order valence-corrected chi connectivity index (χ2v) is 6.37. The second-order valence-electron chi connectivity index (χ2n) is 6.37. The van der Waals surface area contributed by atoms with E-state index in [1.165, 1.54) is 49.3 Å². The molecule has 2 atom stereocenters. The van der Waals surface area contributed by atoms with Crippen molar-refractivity contribution in [2.24, 2.45) is 0 Å². The molecule has 3 heteroatoms. The molecule has 0 aromatic heterocycles. The molecular weight excluding hydrogens is 246 g/mol. The van der Waals surface area contributed by atoms with Crippen LogP contribution in [0.5, 0.6) is 0 Å². The van der Waals surface area contributed by atoms with Crippen LogP contribution in [0.1, 0.15) is 43.7 Å². The quantitative estimate of drug-likeness (QED) is 0.808. The van der Waals surface area contributed by atoms with Gasteiger partial charge in [0.15, 0.2) is 0 Å². The number of rotatable bonds is 5. The van der Waals surface area contributed by atoms with Crippen LogP contribution in [0.15, 0.2) is 18.2 Å². The van der Waals surface area contributed by atoms with Gasteiger partial charge in [-0.3, -0.25) is 0 Å². The third-order valence-electron chi connectivity index (χ3n) is 4.87. The van der Waals surface area contributed by atoms with E-state index in [0.717, 1.165) is 13.1 Å². The first kappa shape index (κ1) is 13.9. The highest BCUT2D eigenvalue weighted by molar-refractivity contribution is 5.60. The smallest absolute Gasteiger partial charge is 0.0378 e. The molecule has 110 valence electrons. The van der Waals surface area contributed by atoms with Crippen molar-refractivity contribution in [2.75, 3.05) is 31.5 Å². The molecule has 2 aliphatic heterocycles. The van der Waals surface area contributed by atoms with Gasteiger partial charge in [-0.25, -0.2) is 0 Å². The monoisotopic (exact) mass is 273 g/mol. The summed E-state index contributed by atoms with van der Waals surface area (Å²) in [4.78, 5) is 2.56. The van der Waals surface area contributed by atoms with Gasteiger partial charge < -0.3 is 15.5 Å². The average Bonchev–Trinajstić information content (AvgIpc) is 3.05. The number of nitrogens with one attached hydrogen (secondary N) is 2. The first-order chi connectivity index (χ1) is 9.74. The SMILES string of the molecule is CC1Nc2ccc(CNCCN3CCCC3)cc2C1C. The van der Waals surface area contributed by atoms with E-state index < -0.39 is 0 Å². The number of hydrogen-bond acceptors (Lipinski definition) is 3. The Hall–Kier alpha value is -1.06. The van der Waals surface area contributed by atoms with Crippen LogP contribution in [0.3, 0.4) is 0 Å². The van der Waals surface area contributed by atoms with Crippen molar-refractivity contribution < 1.29 is 0 Å². The van der Waals surface area contributed by atoms with Crippen LogP contribution in [0, 0.1) is 0 Å². The van der Waals surface area contributed by atoms with E-state index in [-0.39, 0.29) is 0 Å². The predicted octanol–water partition coefficient (Wildman–Crippen LogP) is 2.79. The number of nitrogens with zero attached hydrogens (tertiary/aromatic N) is 1. The van der Waals surface area contributed by atoms with E-state index in [0.29, 0.717) is 12.0 Å². The van der Waals surface area contributed by atoms with Crippen molar-refractivity contribution in [3.63, 3.8) is 0 Å². The summed E-state index contributed by atoms with van der Waals surface area (Å²) in [7, 11) is 0. The Balaban J connectivity index is 1.49. The minimum absolute atomic E-state index is 0.559. The fraction of sp³-hybridized carbons (Fsp3) is 0.647. The molecule has 1 aromatic carbocycles. The number of fused-ring (bicyclic) bond motifs is 1. The lowest BCUT2D eigenvalue weighted by atomic mass is 9.97. The Kier molecular flexibility index (Phi) is 4.27. The van der Waals surface area contributed by atoms with E-state index in [1.54, 1.807) is 0 Å². The molecule has 2 unspecified atom stereocenters. The molecule has 3 rings (SSSR count). The molecule has 1 saturated heterocycles. The molecule has 1 fully saturated rings. The van der Waals surface area contributed by atoms with E-state index >= 15 is 0 Å². The molecule has 2 N–H and O–H groups in total. The fourth-order valence-corrected chi connectivity index (χ4v) is 3.35. The summed E-state index contributed by atoms with van der Waals surface area (Å²) in [6.45, 7) is 10.4. The molecule has 3 nitrogen and oxygen atoms in total. The molecule has 0 bridgehead atoms. The maximum absolute atomic E-state index is 3.58. The average molecular weight is 273 g/mol. The van der Waals surface area contributed by atoms with Gasteiger partial charge in [0.25, 0.3) is 0 Å². The summed E-state index contributed by atoms with van der Waals surface area (Å²) in [5, 5.41) is 7.14. The third-order valence-corrected chi connectivity index (χ3v) is 4.87. The van der Waals surface area contributed by atoms with Crippen molar-refractivity contribution >= 4 is 5.69 Å². The van der Waals surface area contributed by atoms with Gasteiger partial charge in [-0.05, 0) is 50.0 Å². The molecule has 20 heavy (non-hydrogen) atoms. The van der Waals surface area contributed by atoms with Gasteiger partial charge in [-0.15, -0.1) is 0 Å². The molecular formula is C17H27N3. The van der Waals surface area contributed by atoms with Crippen LogP contribution in [-0.4, -0.2) is 37.1 Å². The Labute approximate surface area is 122 Å². The lowest BCUT2D eigenvalue weighted by Gasteiger charge is -2.15. The molecule has 0 aliphatic carbocycles. The highest BCUT2D eigenvalue weighted by atomic mass is 15.1. The normalized spacial score (nSPS) is 25.7. The van der Waals surface area contributed by atoms with Crippen molar-refractivity contribution in [3.05, 3.63) is 29.3 Å². The third kappa shape index (κ3) is 2.99. The van der Waals surface area contributed by atoms with Crippen molar-refractivity contribution in [3.8, 4) is 0 Å². The molecule has 0 amide bonds. The van der Waals surface area contributed by atoms with Gasteiger partial charge in [0.2, 0.25) is 0 Å². The molecule has 2 heterocycles. The zero-order valence-corrected chi connectivity index (χ0v) is 12.8. The van der Waals surface area contributed by atoms with E-state index in [9.17, 15) is 0 Å². The lowest BCUT2D eigenvalue weighted by molar-refractivity contribution is 0.335. The largest absolute Gasteiger partial charge is 0.382 e. The fourth-order valence-electron chi connectivity index (χ4n) is 3.35. The van der Waals surface area contributed by atoms with E-state index in [1.807, 2.05) is 0 Å². The van der Waals surface area contributed by atoms with Crippen molar-refractivity contribution in [1.29, 1.82) is 0 Å². The maximum atomic E-state index is 3.58. The first-order valence-corrected chi connectivity index (χ1v) is 8.06. The molecule has 0 radical (unpaired) electrons. The molecule has 1 aromatic rings. The summed E-state index contributed by atoms with van der Waals surface area (Å²) in [6.07, 6.45) is 2.77. The molecule has 0 saturated carbocycles. The topological polar surface area (TPSA) is 27.3 Å². The number of anilines is 1. The minimum Gasteiger partial charge on any atom is -0.382 e. The van der Waals surface area contributed by atoms with Crippen LogP contribution >= 0.6 is 0 Å². The number of likely N-dealkylation sites (tertiary alicyclic amines) is 1. The summed E-state index contributed by atoms with van der Waals surface area (Å²) in [5.74, 6) is 0.620. The summed E-state index contributed by atoms with van der Waals surface area (Å²) >= 11 is 0. The Bertz CT molecular complexity index is 452. The zero-order valence-electron chi connectivity index (χ0n) is 12.8. The number of hydrogen-bond donors (Lipinski definition) is 2. The lowest BCUT2D eigenvalue weighted by Crippen LogP contribution is -2.29. The van der Waals surface area contributed by atoms with Gasteiger partial charge in [0.1, 0.15) is 0 Å². The summed E-state index contributed by atoms with van der Waals surface area (Å²) < 4.78 is 0. The van der Waals surface area contributed by atoms with Crippen molar-refractivity contribution in [1.82, 2.24) is 10.2 Å². The van der Waals surface area contributed by atoms with Crippen molar-refractivity contribution in [2.45, 2.75) is 45.2 Å². The van der Waals surface area contributed by atoms with Gasteiger partial charge in [0, 0.05) is 37.3 Å². The van der Waals surface area contributed by atoms with Crippen LogP contribution in [-0.2, 0) is 6.54 Å². The second kappa shape index (κ2) is 6.15. The van der Waals surface area contributed by atoms with Crippen LogP contribution < -0.4 is 10.6 Å². The van der Waals surface area contributed by atoms with E-state index in [4.69, 9.17) is 0 Å². The van der Waals surface area contributed by atoms with Crippen LogP contribution in [0.2, 0.25) is 0 Å².